The second-order valence-electron chi connectivity index (χ2n) is 11.3. The Morgan fingerprint density at radius 1 is 1.09 bits per heavy atom. The van der Waals surface area contributed by atoms with E-state index in [-0.39, 0.29) is 11.6 Å². The fraction of sp³-hybridized carbons (Fsp3) is 0.323. The summed E-state index contributed by atoms with van der Waals surface area (Å²) in [5, 5.41) is 11.2. The number of carbonyl (C=O) groups is 1. The number of amides is 1. The first-order chi connectivity index (χ1) is 22.3. The fourth-order valence-corrected chi connectivity index (χ4v) is 5.49. The summed E-state index contributed by atoms with van der Waals surface area (Å²) in [6.07, 6.45) is 5.56. The first-order valence-electron chi connectivity index (χ1n) is 14.9. The average molecular weight is 628 g/mol. The van der Waals surface area contributed by atoms with Crippen molar-refractivity contribution in [3.8, 4) is 11.5 Å². The maximum atomic E-state index is 15.6. The molecular weight excluding hydrogens is 596 g/mol. The third kappa shape index (κ3) is 5.88. The van der Waals surface area contributed by atoms with Crippen LogP contribution in [0.2, 0.25) is 0 Å². The van der Waals surface area contributed by atoms with Gasteiger partial charge in [0.15, 0.2) is 11.6 Å². The van der Waals surface area contributed by atoms with Crippen molar-refractivity contribution in [1.82, 2.24) is 44.7 Å². The predicted molar refractivity (Wildman–Crippen MR) is 167 cm³/mol. The van der Waals surface area contributed by atoms with E-state index in [1.165, 1.54) is 6.33 Å². The molecule has 2 fully saturated rings. The lowest BCUT2D eigenvalue weighted by Crippen LogP contribution is -2.49. The highest BCUT2D eigenvalue weighted by Gasteiger charge is 2.25. The van der Waals surface area contributed by atoms with E-state index in [0.717, 1.165) is 5.52 Å². The lowest BCUT2D eigenvalue weighted by Gasteiger charge is -2.34. The molecule has 0 unspecified atom stereocenters. The van der Waals surface area contributed by atoms with Gasteiger partial charge in [0, 0.05) is 70.6 Å². The molecule has 2 aliphatic rings. The molecule has 2 aromatic carbocycles. The third-order valence-electron chi connectivity index (χ3n) is 8.18. The maximum absolute atomic E-state index is 15.6. The van der Waals surface area contributed by atoms with Crippen molar-refractivity contribution >= 4 is 45.4 Å². The SMILES string of the molecule is Cc1c(Oc2ccc3c(c2)nnn3C)ccc(Nc2ncnc3cnc(N4CCN(C(=O)/C=C/CN5CC(F)C5)CC4)nc23)c1F. The molecule has 5 heterocycles. The molecule has 46 heavy (non-hydrogen) atoms. The van der Waals surface area contributed by atoms with Gasteiger partial charge >= 0.3 is 0 Å². The maximum Gasteiger partial charge on any atom is 0.246 e. The third-order valence-corrected chi connectivity index (χ3v) is 8.18. The van der Waals surface area contributed by atoms with Gasteiger partial charge in [-0.25, -0.2) is 33.4 Å². The van der Waals surface area contributed by atoms with Crippen LogP contribution in [-0.2, 0) is 11.8 Å². The van der Waals surface area contributed by atoms with Crippen LogP contribution in [0.4, 0.5) is 26.2 Å². The van der Waals surface area contributed by atoms with Crippen molar-refractivity contribution in [1.29, 1.82) is 0 Å². The quantitative estimate of drug-likeness (QED) is 0.254. The van der Waals surface area contributed by atoms with Crippen molar-refractivity contribution in [3.63, 3.8) is 0 Å². The molecule has 2 aliphatic heterocycles. The molecule has 15 heteroatoms. The highest BCUT2D eigenvalue weighted by molar-refractivity contribution is 5.88. The van der Waals surface area contributed by atoms with Crippen LogP contribution in [0.1, 0.15) is 5.56 Å². The number of benzene rings is 2. The Balaban J connectivity index is 1.03. The Morgan fingerprint density at radius 3 is 2.72 bits per heavy atom. The van der Waals surface area contributed by atoms with Crippen molar-refractivity contribution in [3.05, 3.63) is 66.4 Å². The van der Waals surface area contributed by atoms with Crippen molar-refractivity contribution in [2.75, 3.05) is 56.0 Å². The van der Waals surface area contributed by atoms with Crippen LogP contribution in [-0.4, -0.2) is 103 Å². The molecule has 1 N–H and O–H groups in total. The number of ether oxygens (including phenoxy) is 1. The van der Waals surface area contributed by atoms with Crippen LogP contribution in [0.15, 0.2) is 55.0 Å². The Labute approximate surface area is 262 Å². The summed E-state index contributed by atoms with van der Waals surface area (Å²) in [7, 11) is 1.81. The molecule has 3 aromatic heterocycles. The largest absolute Gasteiger partial charge is 0.457 e. The number of rotatable bonds is 8. The Bertz CT molecular complexity index is 1950. The van der Waals surface area contributed by atoms with E-state index in [9.17, 15) is 9.18 Å². The molecule has 0 aliphatic carbocycles. The van der Waals surface area contributed by atoms with Gasteiger partial charge in [0.2, 0.25) is 11.9 Å². The summed E-state index contributed by atoms with van der Waals surface area (Å²) < 4.78 is 36.3. The fourth-order valence-electron chi connectivity index (χ4n) is 5.49. The lowest BCUT2D eigenvalue weighted by molar-refractivity contribution is -0.126. The standard InChI is InChI=1S/C31H31F2N11O2/c1-19-26(46-21-5-7-25-23(14-21)39-40-41(25)2)8-6-22(28(19)33)37-30-29-24(35-18-36-30)15-34-31(38-29)44-12-10-43(11-13-44)27(45)4-3-9-42-16-20(32)17-42/h3-8,14-15,18,20H,9-13,16-17H2,1-2H3,(H,35,36,37)/b4-3+. The average Bonchev–Trinajstić information content (AvgIpc) is 3.43. The smallest absolute Gasteiger partial charge is 0.246 e. The van der Waals surface area contributed by atoms with E-state index in [2.05, 4.69) is 30.6 Å². The number of aryl methyl sites for hydroxylation is 1. The molecule has 13 nitrogen and oxygen atoms in total. The summed E-state index contributed by atoms with van der Waals surface area (Å²) in [5.41, 5.74) is 2.98. The number of likely N-dealkylation sites (tertiary alicyclic amines) is 1. The van der Waals surface area contributed by atoms with E-state index in [1.807, 2.05) is 15.9 Å². The molecule has 5 aromatic rings. The number of hydrogen-bond acceptors (Lipinski definition) is 11. The van der Waals surface area contributed by atoms with E-state index in [0.29, 0.717) is 91.2 Å². The number of nitrogens with zero attached hydrogens (tertiary/aromatic N) is 10. The summed E-state index contributed by atoms with van der Waals surface area (Å²) in [4.78, 5) is 36.2. The molecule has 2 saturated heterocycles. The Kier molecular flexibility index (Phi) is 7.82. The summed E-state index contributed by atoms with van der Waals surface area (Å²) >= 11 is 0. The van der Waals surface area contributed by atoms with Gasteiger partial charge in [0.25, 0.3) is 0 Å². The minimum absolute atomic E-state index is 0.0726. The van der Waals surface area contributed by atoms with Gasteiger partial charge in [-0.1, -0.05) is 11.3 Å². The molecule has 0 atom stereocenters. The predicted octanol–water partition coefficient (Wildman–Crippen LogP) is 3.54. The number of anilines is 3. The number of fused-ring (bicyclic) bond motifs is 2. The molecule has 0 saturated carbocycles. The van der Waals surface area contributed by atoms with Crippen molar-refractivity contribution in [2.24, 2.45) is 7.05 Å². The van der Waals surface area contributed by atoms with Gasteiger partial charge in [-0.3, -0.25) is 9.69 Å². The highest BCUT2D eigenvalue weighted by Crippen LogP contribution is 2.33. The zero-order chi connectivity index (χ0) is 31.8. The van der Waals surface area contributed by atoms with Crippen molar-refractivity contribution in [2.45, 2.75) is 13.1 Å². The van der Waals surface area contributed by atoms with Crippen molar-refractivity contribution < 1.29 is 18.3 Å². The molecule has 1 amide bonds. The molecule has 0 bridgehead atoms. The van der Waals surface area contributed by atoms with E-state index < -0.39 is 12.0 Å². The molecule has 0 spiro atoms. The zero-order valence-electron chi connectivity index (χ0n) is 25.3. The van der Waals surface area contributed by atoms with Crippen LogP contribution in [0.3, 0.4) is 0 Å². The second kappa shape index (κ2) is 12.2. The number of aromatic nitrogens is 7. The van der Waals surface area contributed by atoms with Gasteiger partial charge < -0.3 is 19.9 Å². The number of piperazine rings is 1. The molecule has 0 radical (unpaired) electrons. The van der Waals surface area contributed by atoms with E-state index in [4.69, 9.17) is 9.72 Å². The van der Waals surface area contributed by atoms with Crippen LogP contribution in [0, 0.1) is 12.7 Å². The number of halogens is 2. The zero-order valence-corrected chi connectivity index (χ0v) is 25.3. The van der Waals surface area contributed by atoms with Gasteiger partial charge in [-0.05, 0) is 31.2 Å². The highest BCUT2D eigenvalue weighted by atomic mass is 19.1. The van der Waals surface area contributed by atoms with Gasteiger partial charge in [-0.2, -0.15) is 0 Å². The van der Waals surface area contributed by atoms with Crippen LogP contribution in [0.25, 0.3) is 22.1 Å². The second-order valence-corrected chi connectivity index (χ2v) is 11.3. The first-order valence-corrected chi connectivity index (χ1v) is 14.9. The number of nitrogens with one attached hydrogen (secondary N) is 1. The number of hydrogen-bond donors (Lipinski definition) is 1. The lowest BCUT2D eigenvalue weighted by atomic mass is 10.1. The summed E-state index contributed by atoms with van der Waals surface area (Å²) in [6.45, 7) is 5.13. The molecular formula is C31H31F2N11O2. The van der Waals surface area contributed by atoms with Crippen LogP contribution >= 0.6 is 0 Å². The monoisotopic (exact) mass is 627 g/mol. The Morgan fingerprint density at radius 2 is 1.91 bits per heavy atom. The number of carbonyl (C=O) groups excluding carboxylic acids is 1. The van der Waals surface area contributed by atoms with Crippen LogP contribution in [0.5, 0.6) is 11.5 Å². The topological polar surface area (TPSA) is 130 Å². The number of alkyl halides is 1. The van der Waals surface area contributed by atoms with Gasteiger partial charge in [0.05, 0.1) is 17.4 Å². The Hall–Kier alpha value is -5.31. The van der Waals surface area contributed by atoms with E-state index >= 15 is 4.39 Å². The minimum atomic E-state index is -0.760. The van der Waals surface area contributed by atoms with Gasteiger partial charge in [0.1, 0.15) is 40.5 Å². The van der Waals surface area contributed by atoms with Gasteiger partial charge in [-0.15, -0.1) is 5.10 Å². The first kappa shape index (κ1) is 29.4. The molecule has 7 rings (SSSR count). The summed E-state index contributed by atoms with van der Waals surface area (Å²) in [5.74, 6) is 1.11. The minimum Gasteiger partial charge on any atom is -0.457 e. The normalized spacial score (nSPS) is 16.0. The summed E-state index contributed by atoms with van der Waals surface area (Å²) in [6, 6.07) is 8.66. The van der Waals surface area contributed by atoms with Crippen LogP contribution < -0.4 is 15.0 Å². The van der Waals surface area contributed by atoms with E-state index in [1.54, 1.807) is 66.2 Å². The molecule has 236 valence electrons.